The fourth-order valence-electron chi connectivity index (χ4n) is 3.07. The highest BCUT2D eigenvalue weighted by molar-refractivity contribution is 8.01. The number of hydrogen-bond acceptors (Lipinski definition) is 5. The lowest BCUT2D eigenvalue weighted by molar-refractivity contribution is -0.117. The van der Waals surface area contributed by atoms with Crippen molar-refractivity contribution < 1.29 is 9.59 Å². The molecule has 1 unspecified atom stereocenters. The summed E-state index contributed by atoms with van der Waals surface area (Å²) in [7, 11) is 1.73. The summed E-state index contributed by atoms with van der Waals surface area (Å²) >= 11 is 11.7. The molecule has 1 atom stereocenters. The lowest BCUT2D eigenvalue weighted by atomic mass is 10.1. The second kappa shape index (κ2) is 9.89. The Hall–Kier alpha value is -1.67. The van der Waals surface area contributed by atoms with Crippen LogP contribution in [-0.4, -0.2) is 37.2 Å². The molecule has 154 valence electrons. The Morgan fingerprint density at radius 2 is 1.97 bits per heavy atom. The Kier molecular flexibility index (Phi) is 7.51. The molecule has 2 aliphatic rings. The van der Waals surface area contributed by atoms with E-state index in [1.54, 1.807) is 42.3 Å². The van der Waals surface area contributed by atoms with Crippen LogP contribution in [0.25, 0.3) is 0 Å². The average Bonchev–Trinajstić information content (AvgIpc) is 3.29. The number of fused-ring (bicyclic) bond motifs is 1. The smallest absolute Gasteiger partial charge is 0.255 e. The summed E-state index contributed by atoms with van der Waals surface area (Å²) in [4.78, 5) is 27.8. The first kappa shape index (κ1) is 22.0. The molecule has 8 heteroatoms. The normalized spacial score (nSPS) is 18.0. The number of rotatable bonds is 2. The third-order valence-electron chi connectivity index (χ3n) is 4.73. The van der Waals surface area contributed by atoms with Crippen molar-refractivity contribution in [3.63, 3.8) is 0 Å². The highest BCUT2D eigenvalue weighted by Gasteiger charge is 2.28. The SMILES string of the molecule is C1CCNC1.CC1Sc2ccc(C(=O)Nc3ccc(S)c(Cl)c3)cc2N(C)C1=O. The molecule has 4 rings (SSSR count). The maximum atomic E-state index is 12.5. The van der Waals surface area contributed by atoms with Crippen molar-refractivity contribution in [2.45, 2.75) is 34.8 Å². The van der Waals surface area contributed by atoms with Crippen molar-refractivity contribution in [2.75, 3.05) is 30.4 Å². The lowest BCUT2D eigenvalue weighted by Gasteiger charge is -2.29. The van der Waals surface area contributed by atoms with Crippen molar-refractivity contribution in [1.29, 1.82) is 0 Å². The van der Waals surface area contributed by atoms with Crippen molar-refractivity contribution in [3.05, 3.63) is 47.0 Å². The number of nitrogens with one attached hydrogen (secondary N) is 2. The molecule has 2 N–H and O–H groups in total. The molecule has 0 aliphatic carbocycles. The van der Waals surface area contributed by atoms with Crippen LogP contribution in [0.1, 0.15) is 30.1 Å². The van der Waals surface area contributed by atoms with E-state index in [-0.39, 0.29) is 17.1 Å². The number of hydrogen-bond donors (Lipinski definition) is 3. The number of carbonyl (C=O) groups excluding carboxylic acids is 2. The molecular weight excluding hydrogens is 426 g/mol. The van der Waals surface area contributed by atoms with E-state index in [0.29, 0.717) is 21.2 Å². The van der Waals surface area contributed by atoms with Gasteiger partial charge >= 0.3 is 0 Å². The molecule has 0 saturated carbocycles. The van der Waals surface area contributed by atoms with E-state index in [1.165, 1.54) is 37.7 Å². The van der Waals surface area contributed by atoms with Gasteiger partial charge in [0, 0.05) is 28.1 Å². The average molecular weight is 450 g/mol. The summed E-state index contributed by atoms with van der Waals surface area (Å²) in [6, 6.07) is 10.5. The minimum atomic E-state index is -0.259. The van der Waals surface area contributed by atoms with Gasteiger partial charge in [0.15, 0.2) is 0 Å². The van der Waals surface area contributed by atoms with Gasteiger partial charge in [-0.2, -0.15) is 0 Å². The minimum Gasteiger partial charge on any atom is -0.322 e. The van der Waals surface area contributed by atoms with Crippen LogP contribution < -0.4 is 15.5 Å². The van der Waals surface area contributed by atoms with E-state index in [9.17, 15) is 9.59 Å². The predicted molar refractivity (Wildman–Crippen MR) is 124 cm³/mol. The molecule has 1 fully saturated rings. The molecule has 2 aliphatic heterocycles. The van der Waals surface area contributed by atoms with Crippen LogP contribution in [0.5, 0.6) is 0 Å². The maximum absolute atomic E-state index is 12.5. The molecule has 1 saturated heterocycles. The van der Waals surface area contributed by atoms with E-state index in [2.05, 4.69) is 23.3 Å². The number of amides is 2. The third-order valence-corrected chi connectivity index (χ3v) is 6.72. The summed E-state index contributed by atoms with van der Waals surface area (Å²) in [6.45, 7) is 4.38. The van der Waals surface area contributed by atoms with Crippen LogP contribution in [0.3, 0.4) is 0 Å². The van der Waals surface area contributed by atoms with Gasteiger partial charge in [0.25, 0.3) is 5.91 Å². The van der Waals surface area contributed by atoms with E-state index in [0.717, 1.165) is 10.6 Å². The largest absolute Gasteiger partial charge is 0.322 e. The number of nitrogens with zero attached hydrogens (tertiary/aromatic N) is 1. The Morgan fingerprint density at radius 3 is 2.59 bits per heavy atom. The summed E-state index contributed by atoms with van der Waals surface area (Å²) in [6.07, 6.45) is 2.78. The fourth-order valence-corrected chi connectivity index (χ4v) is 4.49. The first-order valence-corrected chi connectivity index (χ1v) is 11.2. The van der Waals surface area contributed by atoms with Gasteiger partial charge in [-0.05, 0) is 69.3 Å². The second-order valence-corrected chi connectivity index (χ2v) is 9.19. The van der Waals surface area contributed by atoms with Gasteiger partial charge < -0.3 is 15.5 Å². The van der Waals surface area contributed by atoms with Crippen molar-refractivity contribution in [1.82, 2.24) is 5.32 Å². The highest BCUT2D eigenvalue weighted by atomic mass is 35.5. The number of thioether (sulfide) groups is 1. The molecular formula is C21H24ClN3O2S2. The first-order valence-electron chi connectivity index (χ1n) is 9.45. The molecule has 2 heterocycles. The van der Waals surface area contributed by atoms with Gasteiger partial charge in [-0.1, -0.05) is 11.6 Å². The summed E-state index contributed by atoms with van der Waals surface area (Å²) in [5.74, 6) is -0.230. The maximum Gasteiger partial charge on any atom is 0.255 e. The zero-order valence-electron chi connectivity index (χ0n) is 16.4. The predicted octanol–water partition coefficient (Wildman–Crippen LogP) is 4.71. The van der Waals surface area contributed by atoms with Gasteiger partial charge in [-0.3, -0.25) is 9.59 Å². The van der Waals surface area contributed by atoms with Gasteiger partial charge in [0.1, 0.15) is 0 Å². The van der Waals surface area contributed by atoms with E-state index in [1.807, 2.05) is 13.0 Å². The van der Waals surface area contributed by atoms with E-state index in [4.69, 9.17) is 11.6 Å². The Morgan fingerprint density at radius 1 is 1.24 bits per heavy atom. The highest BCUT2D eigenvalue weighted by Crippen LogP contribution is 2.39. The number of halogens is 1. The molecule has 2 aromatic carbocycles. The molecule has 2 amide bonds. The first-order chi connectivity index (χ1) is 13.9. The Labute approximate surface area is 186 Å². The minimum absolute atomic E-state index is 0.0289. The Balaban J connectivity index is 0.000000419. The third kappa shape index (κ3) is 5.48. The van der Waals surface area contributed by atoms with Gasteiger partial charge in [0.2, 0.25) is 5.91 Å². The Bertz CT molecular complexity index is 911. The standard InChI is InChI=1S/C17H15ClN2O2S2.C4H9N/c1-9-17(22)20(2)13-7-10(3-6-15(13)24-9)16(21)19-11-4-5-14(23)12(18)8-11;1-2-4-5-3-1/h3-9,23H,1-2H3,(H,19,21);5H,1-4H2. The van der Waals surface area contributed by atoms with E-state index >= 15 is 0 Å². The fraction of sp³-hybridized carbons (Fsp3) is 0.333. The van der Waals surface area contributed by atoms with Crippen LogP contribution in [0.15, 0.2) is 46.2 Å². The molecule has 29 heavy (non-hydrogen) atoms. The van der Waals surface area contributed by atoms with Crippen molar-refractivity contribution in [3.8, 4) is 0 Å². The van der Waals surface area contributed by atoms with Crippen molar-refractivity contribution >= 4 is 59.2 Å². The van der Waals surface area contributed by atoms with Crippen LogP contribution in [0, 0.1) is 0 Å². The molecule has 0 spiro atoms. The number of anilines is 2. The van der Waals surface area contributed by atoms with Crippen LogP contribution in [0.2, 0.25) is 5.02 Å². The van der Waals surface area contributed by atoms with Crippen LogP contribution >= 0.6 is 36.0 Å². The van der Waals surface area contributed by atoms with Crippen molar-refractivity contribution in [2.24, 2.45) is 0 Å². The molecule has 5 nitrogen and oxygen atoms in total. The number of carbonyl (C=O) groups is 2. The lowest BCUT2D eigenvalue weighted by Crippen LogP contribution is -2.36. The number of benzene rings is 2. The van der Waals surface area contributed by atoms with Gasteiger partial charge in [0.05, 0.1) is 16.0 Å². The zero-order valence-corrected chi connectivity index (χ0v) is 18.8. The monoisotopic (exact) mass is 449 g/mol. The molecule has 2 aromatic rings. The summed E-state index contributed by atoms with van der Waals surface area (Å²) in [5.41, 5.74) is 1.82. The molecule has 0 bridgehead atoms. The van der Waals surface area contributed by atoms with Gasteiger partial charge in [-0.25, -0.2) is 0 Å². The molecule has 0 aromatic heterocycles. The quantitative estimate of drug-likeness (QED) is 0.581. The van der Waals surface area contributed by atoms with Crippen LogP contribution in [0.4, 0.5) is 11.4 Å². The summed E-state index contributed by atoms with van der Waals surface area (Å²) in [5, 5.41) is 6.37. The van der Waals surface area contributed by atoms with Gasteiger partial charge in [-0.15, -0.1) is 24.4 Å². The second-order valence-electron chi connectivity index (χ2n) is 6.92. The zero-order chi connectivity index (χ0) is 21.0. The number of thiol groups is 1. The summed E-state index contributed by atoms with van der Waals surface area (Å²) < 4.78 is 0. The van der Waals surface area contributed by atoms with E-state index < -0.39 is 0 Å². The van der Waals surface area contributed by atoms with Crippen LogP contribution in [-0.2, 0) is 4.79 Å². The topological polar surface area (TPSA) is 61.4 Å². The molecule has 0 radical (unpaired) electrons.